The van der Waals surface area contributed by atoms with Gasteiger partial charge in [-0.2, -0.15) is 0 Å². The summed E-state index contributed by atoms with van der Waals surface area (Å²) in [6, 6.07) is 14.8. The largest absolute Gasteiger partial charge is 0.340 e. The number of nitrogens with one attached hydrogen (secondary N) is 2. The molecule has 0 aliphatic carbocycles. The molecule has 0 spiro atoms. The molecule has 0 unspecified atom stereocenters. The Morgan fingerprint density at radius 3 is 2.97 bits per heavy atom. The number of fused-ring (bicyclic) bond motifs is 1. The molecule has 2 aromatic carbocycles. The molecule has 1 fully saturated rings. The first-order valence-corrected chi connectivity index (χ1v) is 9.96. The number of hydrogen-bond donors (Lipinski definition) is 2. The van der Waals surface area contributed by atoms with Crippen molar-refractivity contribution in [3.63, 3.8) is 0 Å². The van der Waals surface area contributed by atoms with E-state index in [-0.39, 0.29) is 18.4 Å². The second-order valence-electron chi connectivity index (χ2n) is 7.76. The van der Waals surface area contributed by atoms with Crippen LogP contribution in [0.5, 0.6) is 0 Å². The number of H-pyrrole nitrogens is 1. The zero-order valence-corrected chi connectivity index (χ0v) is 16.6. The summed E-state index contributed by atoms with van der Waals surface area (Å²) in [6.45, 7) is 4.03. The van der Waals surface area contributed by atoms with Crippen LogP contribution in [0.2, 0.25) is 0 Å². The Kier molecular flexibility index (Phi) is 5.76. The van der Waals surface area contributed by atoms with Crippen LogP contribution in [0.25, 0.3) is 11.0 Å². The van der Waals surface area contributed by atoms with Gasteiger partial charge in [0.2, 0.25) is 0 Å². The molecule has 152 valence electrons. The van der Waals surface area contributed by atoms with Crippen molar-refractivity contribution in [3.8, 4) is 0 Å². The van der Waals surface area contributed by atoms with E-state index in [4.69, 9.17) is 0 Å². The minimum absolute atomic E-state index is 0.127. The summed E-state index contributed by atoms with van der Waals surface area (Å²) in [6.07, 6.45) is 1.10. The van der Waals surface area contributed by atoms with Gasteiger partial charge in [0.05, 0.1) is 17.6 Å². The van der Waals surface area contributed by atoms with Gasteiger partial charge in [-0.15, -0.1) is 0 Å². The van der Waals surface area contributed by atoms with Crippen LogP contribution in [0, 0.1) is 11.7 Å². The summed E-state index contributed by atoms with van der Waals surface area (Å²) in [7, 11) is 1.82. The fourth-order valence-electron chi connectivity index (χ4n) is 3.93. The van der Waals surface area contributed by atoms with Crippen LogP contribution in [0.1, 0.15) is 17.8 Å². The fraction of sp³-hybridized carbons (Fsp3) is 0.364. The van der Waals surface area contributed by atoms with E-state index in [0.717, 1.165) is 32.6 Å². The van der Waals surface area contributed by atoms with Gasteiger partial charge in [-0.1, -0.05) is 30.3 Å². The van der Waals surface area contributed by atoms with Crippen LogP contribution in [0.4, 0.5) is 9.18 Å². The zero-order valence-electron chi connectivity index (χ0n) is 16.6. The Bertz CT molecular complexity index is 974. The lowest BCUT2D eigenvalue weighted by atomic mass is 10.1. The first-order valence-electron chi connectivity index (χ1n) is 9.96. The van der Waals surface area contributed by atoms with Crippen molar-refractivity contribution in [2.75, 3.05) is 26.7 Å². The van der Waals surface area contributed by atoms with Crippen LogP contribution in [0.3, 0.4) is 0 Å². The molecule has 0 saturated carbocycles. The van der Waals surface area contributed by atoms with Crippen molar-refractivity contribution in [2.24, 2.45) is 5.92 Å². The smallest absolute Gasteiger partial charge is 0.317 e. The molecule has 1 atom stereocenters. The number of aromatic nitrogens is 2. The fourth-order valence-corrected chi connectivity index (χ4v) is 3.93. The van der Waals surface area contributed by atoms with Gasteiger partial charge in [-0.25, -0.2) is 14.2 Å². The molecule has 0 bridgehead atoms. The third-order valence-corrected chi connectivity index (χ3v) is 5.40. The average molecular weight is 395 g/mol. The molecule has 29 heavy (non-hydrogen) atoms. The Balaban J connectivity index is 1.24. The standard InChI is InChI=1S/C22H26FN5O/c1-27(13-17-9-10-28(15-17)14-16-5-3-2-4-6-16)22(29)24-12-21-25-19-8-7-18(23)11-20(19)26-21/h2-8,11,17H,9-10,12-15H2,1H3,(H,24,29)(H,25,26)/t17-/m1/s1. The lowest BCUT2D eigenvalue weighted by Gasteiger charge is -2.22. The van der Waals surface area contributed by atoms with Crippen LogP contribution in [0.15, 0.2) is 48.5 Å². The highest BCUT2D eigenvalue weighted by Gasteiger charge is 2.25. The summed E-state index contributed by atoms with van der Waals surface area (Å²) >= 11 is 0. The van der Waals surface area contributed by atoms with Crippen molar-refractivity contribution in [1.82, 2.24) is 25.1 Å². The molecule has 2 amide bonds. The number of halogens is 1. The predicted molar refractivity (Wildman–Crippen MR) is 111 cm³/mol. The van der Waals surface area contributed by atoms with E-state index in [1.165, 1.54) is 17.7 Å². The molecule has 1 aromatic heterocycles. The van der Waals surface area contributed by atoms with E-state index in [1.807, 2.05) is 13.1 Å². The number of amides is 2. The molecule has 2 N–H and O–H groups in total. The first kappa shape index (κ1) is 19.4. The topological polar surface area (TPSA) is 64.3 Å². The lowest BCUT2D eigenvalue weighted by molar-refractivity contribution is 0.199. The number of urea groups is 1. The molecular formula is C22H26FN5O. The van der Waals surface area contributed by atoms with Gasteiger partial charge >= 0.3 is 6.03 Å². The van der Waals surface area contributed by atoms with E-state index in [2.05, 4.69) is 44.5 Å². The summed E-state index contributed by atoms with van der Waals surface area (Å²) < 4.78 is 13.3. The second-order valence-corrected chi connectivity index (χ2v) is 7.76. The molecule has 1 saturated heterocycles. The molecule has 1 aliphatic rings. The molecule has 2 heterocycles. The molecular weight excluding hydrogens is 369 g/mol. The van der Waals surface area contributed by atoms with Gasteiger partial charge in [0.15, 0.2) is 0 Å². The van der Waals surface area contributed by atoms with E-state index >= 15 is 0 Å². The summed E-state index contributed by atoms with van der Waals surface area (Å²) in [5, 5.41) is 2.89. The molecule has 6 nitrogen and oxygen atoms in total. The van der Waals surface area contributed by atoms with Gasteiger partial charge in [-0.3, -0.25) is 4.90 Å². The second kappa shape index (κ2) is 8.61. The first-order chi connectivity index (χ1) is 14.1. The van der Waals surface area contributed by atoms with Crippen molar-refractivity contribution in [1.29, 1.82) is 0 Å². The van der Waals surface area contributed by atoms with Gasteiger partial charge in [0.25, 0.3) is 0 Å². The monoisotopic (exact) mass is 395 g/mol. The number of carbonyl (C=O) groups is 1. The van der Waals surface area contributed by atoms with Gasteiger partial charge in [-0.05, 0) is 42.6 Å². The number of likely N-dealkylation sites (tertiary alicyclic amines) is 1. The van der Waals surface area contributed by atoms with Crippen LogP contribution < -0.4 is 5.32 Å². The van der Waals surface area contributed by atoms with Crippen molar-refractivity contribution in [2.45, 2.75) is 19.5 Å². The number of nitrogens with zero attached hydrogens (tertiary/aromatic N) is 3. The highest BCUT2D eigenvalue weighted by atomic mass is 19.1. The minimum atomic E-state index is -0.311. The van der Waals surface area contributed by atoms with Crippen molar-refractivity contribution >= 4 is 17.1 Å². The minimum Gasteiger partial charge on any atom is -0.340 e. The lowest BCUT2D eigenvalue weighted by Crippen LogP contribution is -2.40. The maximum absolute atomic E-state index is 13.3. The number of benzene rings is 2. The number of carbonyl (C=O) groups excluding carboxylic acids is 1. The highest BCUT2D eigenvalue weighted by molar-refractivity contribution is 5.76. The predicted octanol–water partition coefficient (Wildman–Crippen LogP) is 3.37. The van der Waals surface area contributed by atoms with Gasteiger partial charge in [0, 0.05) is 26.7 Å². The third-order valence-electron chi connectivity index (χ3n) is 5.40. The quantitative estimate of drug-likeness (QED) is 0.673. The summed E-state index contributed by atoms with van der Waals surface area (Å²) in [5.41, 5.74) is 2.64. The molecule has 0 radical (unpaired) electrons. The Morgan fingerprint density at radius 1 is 1.31 bits per heavy atom. The number of hydrogen-bond acceptors (Lipinski definition) is 3. The Labute approximate surface area is 169 Å². The molecule has 4 rings (SSSR count). The Hall–Kier alpha value is -2.93. The van der Waals surface area contributed by atoms with Gasteiger partial charge in [0.1, 0.15) is 11.6 Å². The van der Waals surface area contributed by atoms with Crippen LogP contribution in [-0.4, -0.2) is 52.5 Å². The van der Waals surface area contributed by atoms with E-state index in [0.29, 0.717) is 22.8 Å². The summed E-state index contributed by atoms with van der Waals surface area (Å²) in [4.78, 5) is 24.0. The zero-order chi connectivity index (χ0) is 20.2. The maximum Gasteiger partial charge on any atom is 0.317 e. The Morgan fingerprint density at radius 2 is 2.14 bits per heavy atom. The molecule has 3 aromatic rings. The normalized spacial score (nSPS) is 17.0. The van der Waals surface area contributed by atoms with Gasteiger partial charge < -0.3 is 15.2 Å². The van der Waals surface area contributed by atoms with Crippen molar-refractivity contribution in [3.05, 3.63) is 65.7 Å². The van der Waals surface area contributed by atoms with Crippen LogP contribution >= 0.6 is 0 Å². The maximum atomic E-state index is 13.3. The molecule has 7 heteroatoms. The number of imidazole rings is 1. The third kappa shape index (κ3) is 4.92. The number of aromatic amines is 1. The highest BCUT2D eigenvalue weighted by Crippen LogP contribution is 2.19. The van der Waals surface area contributed by atoms with Crippen LogP contribution in [-0.2, 0) is 13.1 Å². The molecule has 1 aliphatic heterocycles. The van der Waals surface area contributed by atoms with E-state index < -0.39 is 0 Å². The van der Waals surface area contributed by atoms with E-state index in [1.54, 1.807) is 11.0 Å². The summed E-state index contributed by atoms with van der Waals surface area (Å²) in [5.74, 6) is 0.778. The average Bonchev–Trinajstić information content (AvgIpc) is 3.32. The van der Waals surface area contributed by atoms with E-state index in [9.17, 15) is 9.18 Å². The number of rotatable bonds is 6. The van der Waals surface area contributed by atoms with Crippen molar-refractivity contribution < 1.29 is 9.18 Å². The SMILES string of the molecule is CN(C[C@H]1CCN(Cc2ccccc2)C1)C(=O)NCc1nc2ccc(F)cc2[nH]1.